The highest BCUT2D eigenvalue weighted by Gasteiger charge is 2.23. The van der Waals surface area contributed by atoms with E-state index in [1.54, 1.807) is 0 Å². The molecule has 124 valence electrons. The number of nitrogens with zero attached hydrogens (tertiary/aromatic N) is 2. The average Bonchev–Trinajstić information content (AvgIpc) is 2.85. The molecule has 2 aromatic rings. The van der Waals surface area contributed by atoms with Gasteiger partial charge in [0.05, 0.1) is 22.6 Å². The number of carbonyl (C=O) groups is 1. The van der Waals surface area contributed by atoms with Gasteiger partial charge in [-0.1, -0.05) is 32.4 Å². The maximum atomic E-state index is 12.7. The zero-order valence-electron chi connectivity index (χ0n) is 14.8. The Morgan fingerprint density at radius 1 is 1.30 bits per heavy atom. The summed E-state index contributed by atoms with van der Waals surface area (Å²) in [5, 5.41) is 7.78. The van der Waals surface area contributed by atoms with Gasteiger partial charge >= 0.3 is 0 Å². The Morgan fingerprint density at radius 3 is 2.61 bits per heavy atom. The van der Waals surface area contributed by atoms with Crippen molar-refractivity contribution < 1.29 is 4.79 Å². The lowest BCUT2D eigenvalue weighted by Gasteiger charge is -2.11. The SMILES string of the molecule is CCCc1nn(-c2cccc(C)c2)c(CC)c1C(=O)NC(C)C. The quantitative estimate of drug-likeness (QED) is 0.881. The molecule has 4 heteroatoms. The van der Waals surface area contributed by atoms with Crippen LogP contribution in [0.5, 0.6) is 0 Å². The lowest BCUT2D eigenvalue weighted by molar-refractivity contribution is 0.0941. The molecule has 1 amide bonds. The van der Waals surface area contributed by atoms with Gasteiger partial charge < -0.3 is 5.32 Å². The minimum Gasteiger partial charge on any atom is -0.350 e. The smallest absolute Gasteiger partial charge is 0.255 e. The molecule has 0 aliphatic rings. The molecule has 0 aliphatic heterocycles. The number of benzene rings is 1. The number of hydrogen-bond donors (Lipinski definition) is 1. The second-order valence-electron chi connectivity index (χ2n) is 6.25. The van der Waals surface area contributed by atoms with Crippen molar-refractivity contribution in [2.24, 2.45) is 0 Å². The van der Waals surface area contributed by atoms with E-state index in [0.29, 0.717) is 0 Å². The summed E-state index contributed by atoms with van der Waals surface area (Å²) < 4.78 is 1.94. The third-order valence-electron chi connectivity index (χ3n) is 3.77. The maximum Gasteiger partial charge on any atom is 0.255 e. The molecule has 0 fully saturated rings. The molecular formula is C19H27N3O. The Labute approximate surface area is 138 Å². The predicted octanol–water partition coefficient (Wildman–Crippen LogP) is 3.83. The number of aromatic nitrogens is 2. The number of hydrogen-bond acceptors (Lipinski definition) is 2. The number of nitrogens with one attached hydrogen (secondary N) is 1. The normalized spacial score (nSPS) is 11.0. The Morgan fingerprint density at radius 2 is 2.04 bits per heavy atom. The number of rotatable bonds is 6. The van der Waals surface area contributed by atoms with Gasteiger partial charge in [0.2, 0.25) is 0 Å². The van der Waals surface area contributed by atoms with E-state index in [1.165, 1.54) is 5.56 Å². The van der Waals surface area contributed by atoms with Crippen molar-refractivity contribution in [1.82, 2.24) is 15.1 Å². The van der Waals surface area contributed by atoms with Crippen LogP contribution in [0, 0.1) is 6.92 Å². The second kappa shape index (κ2) is 7.44. The van der Waals surface area contributed by atoms with E-state index < -0.39 is 0 Å². The molecule has 1 aromatic carbocycles. The van der Waals surface area contributed by atoms with Gasteiger partial charge in [-0.05, 0) is 51.3 Å². The Bertz CT molecular complexity index is 686. The van der Waals surface area contributed by atoms with E-state index in [4.69, 9.17) is 5.10 Å². The Balaban J connectivity index is 2.58. The minimum absolute atomic E-state index is 0.0146. The summed E-state index contributed by atoms with van der Waals surface area (Å²) in [5.74, 6) is -0.0146. The highest BCUT2D eigenvalue weighted by Crippen LogP contribution is 2.22. The van der Waals surface area contributed by atoms with Crippen LogP contribution in [-0.4, -0.2) is 21.7 Å². The lowest BCUT2D eigenvalue weighted by atomic mass is 10.1. The van der Waals surface area contributed by atoms with Crippen LogP contribution in [0.2, 0.25) is 0 Å². The van der Waals surface area contributed by atoms with Crippen LogP contribution in [-0.2, 0) is 12.8 Å². The molecule has 23 heavy (non-hydrogen) atoms. The second-order valence-corrected chi connectivity index (χ2v) is 6.25. The van der Waals surface area contributed by atoms with Crippen molar-refractivity contribution in [3.8, 4) is 5.69 Å². The van der Waals surface area contributed by atoms with E-state index in [1.807, 2.05) is 30.7 Å². The average molecular weight is 313 g/mol. The van der Waals surface area contributed by atoms with Crippen LogP contribution in [0.15, 0.2) is 24.3 Å². The summed E-state index contributed by atoms with van der Waals surface area (Å²) in [4.78, 5) is 12.7. The lowest BCUT2D eigenvalue weighted by Crippen LogP contribution is -2.31. The Kier molecular flexibility index (Phi) is 5.59. The summed E-state index contributed by atoms with van der Waals surface area (Å²) in [6.45, 7) is 10.2. The topological polar surface area (TPSA) is 46.9 Å². The van der Waals surface area contributed by atoms with E-state index in [9.17, 15) is 4.79 Å². The van der Waals surface area contributed by atoms with Gasteiger partial charge in [0.25, 0.3) is 5.91 Å². The first-order valence-electron chi connectivity index (χ1n) is 8.46. The van der Waals surface area contributed by atoms with E-state index >= 15 is 0 Å². The molecule has 0 bridgehead atoms. The molecule has 1 aromatic heterocycles. The molecule has 0 aliphatic carbocycles. The Hall–Kier alpha value is -2.10. The summed E-state index contributed by atoms with van der Waals surface area (Å²) in [5.41, 5.74) is 4.83. The summed E-state index contributed by atoms with van der Waals surface area (Å²) in [7, 11) is 0. The van der Waals surface area contributed by atoms with Crippen molar-refractivity contribution in [3.05, 3.63) is 46.8 Å². The summed E-state index contributed by atoms with van der Waals surface area (Å²) >= 11 is 0. The molecule has 4 nitrogen and oxygen atoms in total. The molecule has 0 saturated heterocycles. The van der Waals surface area contributed by atoms with Gasteiger partial charge in [0.15, 0.2) is 0 Å². The fourth-order valence-electron chi connectivity index (χ4n) is 2.81. The summed E-state index contributed by atoms with van der Waals surface area (Å²) in [6, 6.07) is 8.35. The first kappa shape index (κ1) is 17.3. The van der Waals surface area contributed by atoms with Gasteiger partial charge in [-0.2, -0.15) is 5.10 Å². The van der Waals surface area contributed by atoms with E-state index in [0.717, 1.165) is 41.9 Å². The predicted molar refractivity (Wildman–Crippen MR) is 94.3 cm³/mol. The van der Waals surface area contributed by atoms with E-state index in [-0.39, 0.29) is 11.9 Å². The van der Waals surface area contributed by atoms with Crippen molar-refractivity contribution in [3.63, 3.8) is 0 Å². The van der Waals surface area contributed by atoms with Crippen molar-refractivity contribution >= 4 is 5.91 Å². The molecule has 0 unspecified atom stereocenters. The standard InChI is InChI=1S/C19H27N3O/c1-6-9-16-18(19(23)20-13(3)4)17(7-2)22(21-16)15-11-8-10-14(5)12-15/h8,10-13H,6-7,9H2,1-5H3,(H,20,23). The highest BCUT2D eigenvalue weighted by atomic mass is 16.1. The molecule has 0 atom stereocenters. The minimum atomic E-state index is -0.0146. The van der Waals surface area contributed by atoms with Gasteiger partial charge in [0, 0.05) is 6.04 Å². The van der Waals surface area contributed by atoms with Gasteiger partial charge in [-0.15, -0.1) is 0 Å². The van der Waals surface area contributed by atoms with Crippen molar-refractivity contribution in [1.29, 1.82) is 0 Å². The highest BCUT2D eigenvalue weighted by molar-refractivity contribution is 5.96. The molecule has 1 heterocycles. The molecular weight excluding hydrogens is 286 g/mol. The fraction of sp³-hybridized carbons (Fsp3) is 0.474. The van der Waals surface area contributed by atoms with Crippen molar-refractivity contribution in [2.45, 2.75) is 59.9 Å². The van der Waals surface area contributed by atoms with Crippen LogP contribution in [0.3, 0.4) is 0 Å². The van der Waals surface area contributed by atoms with Crippen LogP contribution < -0.4 is 5.32 Å². The fourth-order valence-corrected chi connectivity index (χ4v) is 2.81. The molecule has 1 N–H and O–H groups in total. The zero-order chi connectivity index (χ0) is 17.0. The molecule has 2 rings (SSSR count). The first-order chi connectivity index (χ1) is 11.0. The largest absolute Gasteiger partial charge is 0.350 e. The van der Waals surface area contributed by atoms with Gasteiger partial charge in [-0.3, -0.25) is 4.79 Å². The van der Waals surface area contributed by atoms with Gasteiger partial charge in [0.1, 0.15) is 0 Å². The van der Waals surface area contributed by atoms with Crippen LogP contribution in [0.1, 0.15) is 61.4 Å². The molecule has 0 radical (unpaired) electrons. The molecule has 0 spiro atoms. The van der Waals surface area contributed by atoms with Gasteiger partial charge in [-0.25, -0.2) is 4.68 Å². The van der Waals surface area contributed by atoms with Crippen LogP contribution in [0.25, 0.3) is 5.69 Å². The molecule has 0 saturated carbocycles. The van der Waals surface area contributed by atoms with Crippen LogP contribution >= 0.6 is 0 Å². The monoisotopic (exact) mass is 313 g/mol. The number of aryl methyl sites for hydroxylation is 2. The third kappa shape index (κ3) is 3.81. The van der Waals surface area contributed by atoms with Crippen LogP contribution in [0.4, 0.5) is 0 Å². The number of carbonyl (C=O) groups excluding carboxylic acids is 1. The van der Waals surface area contributed by atoms with Crippen molar-refractivity contribution in [2.75, 3.05) is 0 Å². The maximum absolute atomic E-state index is 12.7. The van der Waals surface area contributed by atoms with E-state index in [2.05, 4.69) is 38.2 Å². The zero-order valence-corrected chi connectivity index (χ0v) is 14.8. The third-order valence-corrected chi connectivity index (χ3v) is 3.77. The number of amides is 1. The first-order valence-corrected chi connectivity index (χ1v) is 8.46. The summed E-state index contributed by atoms with van der Waals surface area (Å²) in [6.07, 6.45) is 2.55.